The summed E-state index contributed by atoms with van der Waals surface area (Å²) >= 11 is 2.22. The van der Waals surface area contributed by atoms with Crippen molar-refractivity contribution in [2.45, 2.75) is 25.8 Å². The quantitative estimate of drug-likeness (QED) is 0.770. The molecule has 2 nitrogen and oxygen atoms in total. The third kappa shape index (κ3) is 3.93. The second-order valence-electron chi connectivity index (χ2n) is 4.65. The molecule has 1 atom stereocenters. The zero-order valence-corrected chi connectivity index (χ0v) is 13.4. The number of rotatable bonds is 5. The predicted octanol–water partition coefficient (Wildman–Crippen LogP) is 4.50. The van der Waals surface area contributed by atoms with E-state index in [4.69, 9.17) is 10.5 Å². The molecule has 0 bridgehead atoms. The largest absolute Gasteiger partial charge is 0.457 e. The van der Waals surface area contributed by atoms with E-state index < -0.39 is 0 Å². The van der Waals surface area contributed by atoms with Gasteiger partial charge in [-0.05, 0) is 65.8 Å². The van der Waals surface area contributed by atoms with Crippen LogP contribution in [0.3, 0.4) is 0 Å². The topological polar surface area (TPSA) is 35.2 Å². The van der Waals surface area contributed by atoms with Gasteiger partial charge in [0.2, 0.25) is 0 Å². The first-order valence-corrected chi connectivity index (χ1v) is 7.64. The first-order chi connectivity index (χ1) is 9.60. The Morgan fingerprint density at radius 2 is 2.00 bits per heavy atom. The van der Waals surface area contributed by atoms with Gasteiger partial charge in [-0.15, -0.1) is 0 Å². The Bertz CT molecular complexity index is 588. The van der Waals surface area contributed by atoms with Gasteiger partial charge in [-0.1, -0.05) is 19.1 Å². The fourth-order valence-electron chi connectivity index (χ4n) is 1.90. The van der Waals surface area contributed by atoms with Crippen LogP contribution in [0.1, 0.15) is 18.9 Å². The van der Waals surface area contributed by atoms with E-state index in [1.54, 1.807) is 12.1 Å². The molecule has 2 rings (SSSR count). The highest BCUT2D eigenvalue weighted by Crippen LogP contribution is 2.29. The summed E-state index contributed by atoms with van der Waals surface area (Å²) in [6.07, 6.45) is 1.28. The number of benzene rings is 2. The normalized spacial score (nSPS) is 12.2. The van der Waals surface area contributed by atoms with Gasteiger partial charge in [0.1, 0.15) is 17.3 Å². The molecule has 2 aromatic carbocycles. The maximum Gasteiger partial charge on any atom is 0.133 e. The molecule has 1 unspecified atom stereocenters. The number of halogens is 2. The highest BCUT2D eigenvalue weighted by molar-refractivity contribution is 14.1. The first-order valence-electron chi connectivity index (χ1n) is 6.56. The lowest BCUT2D eigenvalue weighted by Crippen LogP contribution is -2.22. The summed E-state index contributed by atoms with van der Waals surface area (Å²) in [6.45, 7) is 1.99. The van der Waals surface area contributed by atoms with Gasteiger partial charge < -0.3 is 10.5 Å². The lowest BCUT2D eigenvalue weighted by Gasteiger charge is -2.15. The Kier molecular flexibility index (Phi) is 5.37. The fraction of sp³-hybridized carbons (Fsp3) is 0.250. The van der Waals surface area contributed by atoms with Crippen molar-refractivity contribution >= 4 is 22.6 Å². The lowest BCUT2D eigenvalue weighted by molar-refractivity contribution is 0.461. The van der Waals surface area contributed by atoms with E-state index >= 15 is 0 Å². The van der Waals surface area contributed by atoms with Crippen LogP contribution in [-0.4, -0.2) is 6.04 Å². The van der Waals surface area contributed by atoms with Crippen LogP contribution in [0.2, 0.25) is 0 Å². The van der Waals surface area contributed by atoms with E-state index in [2.05, 4.69) is 22.6 Å². The van der Waals surface area contributed by atoms with E-state index in [9.17, 15) is 4.39 Å². The van der Waals surface area contributed by atoms with Crippen LogP contribution in [0.5, 0.6) is 11.5 Å². The first kappa shape index (κ1) is 15.3. The minimum Gasteiger partial charge on any atom is -0.457 e. The van der Waals surface area contributed by atoms with Crippen LogP contribution in [0, 0.1) is 9.39 Å². The molecule has 106 valence electrons. The third-order valence-corrected chi connectivity index (χ3v) is 3.76. The van der Waals surface area contributed by atoms with Gasteiger partial charge in [0.25, 0.3) is 0 Å². The van der Waals surface area contributed by atoms with Crippen LogP contribution >= 0.6 is 22.6 Å². The van der Waals surface area contributed by atoms with Gasteiger partial charge in [-0.3, -0.25) is 0 Å². The Morgan fingerprint density at radius 1 is 1.25 bits per heavy atom. The summed E-state index contributed by atoms with van der Waals surface area (Å²) in [5, 5.41) is 0. The summed E-state index contributed by atoms with van der Waals surface area (Å²) in [4.78, 5) is 0. The second kappa shape index (κ2) is 7.04. The molecule has 20 heavy (non-hydrogen) atoms. The Hall–Kier alpha value is -1.14. The molecule has 0 spiro atoms. The van der Waals surface area contributed by atoms with Gasteiger partial charge in [-0.2, -0.15) is 0 Å². The van der Waals surface area contributed by atoms with Crippen LogP contribution in [-0.2, 0) is 6.42 Å². The van der Waals surface area contributed by atoms with Crippen molar-refractivity contribution in [1.82, 2.24) is 0 Å². The molecule has 0 radical (unpaired) electrons. The second-order valence-corrected chi connectivity index (χ2v) is 5.89. The zero-order valence-electron chi connectivity index (χ0n) is 11.3. The van der Waals surface area contributed by atoms with Crippen molar-refractivity contribution in [3.05, 3.63) is 57.4 Å². The Morgan fingerprint density at radius 3 is 2.70 bits per heavy atom. The molecule has 4 heteroatoms. The molecular formula is C16H17FINO. The number of hydrogen-bond acceptors (Lipinski definition) is 2. The zero-order chi connectivity index (χ0) is 14.5. The van der Waals surface area contributed by atoms with E-state index in [1.165, 1.54) is 6.07 Å². The molecule has 0 saturated heterocycles. The maximum absolute atomic E-state index is 14.0. The van der Waals surface area contributed by atoms with Gasteiger partial charge in [-0.25, -0.2) is 4.39 Å². The smallest absolute Gasteiger partial charge is 0.133 e. The number of ether oxygens (including phenoxy) is 1. The van der Waals surface area contributed by atoms with Crippen LogP contribution in [0.4, 0.5) is 4.39 Å². The van der Waals surface area contributed by atoms with E-state index in [1.807, 2.05) is 31.2 Å². The molecule has 0 aliphatic carbocycles. The summed E-state index contributed by atoms with van der Waals surface area (Å²) in [7, 11) is 0. The van der Waals surface area contributed by atoms with Crippen LogP contribution in [0.25, 0.3) is 0 Å². The standard InChI is InChI=1S/C16H17FINO/c1-2-12(19)10-14-15(17)7-4-8-16(14)20-13-6-3-5-11(18)9-13/h3-9,12H,2,10,19H2,1H3. The summed E-state index contributed by atoms with van der Waals surface area (Å²) < 4.78 is 20.9. The molecule has 2 N–H and O–H groups in total. The molecule has 0 aromatic heterocycles. The van der Waals surface area contributed by atoms with Gasteiger partial charge >= 0.3 is 0 Å². The summed E-state index contributed by atoms with van der Waals surface area (Å²) in [5.41, 5.74) is 6.48. The van der Waals surface area contributed by atoms with Crippen LogP contribution < -0.4 is 10.5 Å². The molecule has 0 heterocycles. The molecule has 2 aromatic rings. The van der Waals surface area contributed by atoms with Crippen molar-refractivity contribution in [3.63, 3.8) is 0 Å². The lowest BCUT2D eigenvalue weighted by atomic mass is 10.0. The van der Waals surface area contributed by atoms with Crippen LogP contribution in [0.15, 0.2) is 42.5 Å². The summed E-state index contributed by atoms with van der Waals surface area (Å²) in [5.74, 6) is 0.974. The fourth-order valence-corrected chi connectivity index (χ4v) is 2.41. The minimum absolute atomic E-state index is 0.0647. The van der Waals surface area contributed by atoms with E-state index in [0.29, 0.717) is 23.5 Å². The van der Waals surface area contributed by atoms with Crippen molar-refractivity contribution in [2.24, 2.45) is 5.73 Å². The van der Waals surface area contributed by atoms with E-state index in [0.717, 1.165) is 9.99 Å². The SMILES string of the molecule is CCC(N)Cc1c(F)cccc1Oc1cccc(I)c1. The molecule has 0 amide bonds. The Balaban J connectivity index is 2.29. The van der Waals surface area contributed by atoms with Crippen molar-refractivity contribution in [3.8, 4) is 11.5 Å². The highest BCUT2D eigenvalue weighted by atomic mass is 127. The van der Waals surface area contributed by atoms with E-state index in [-0.39, 0.29) is 11.9 Å². The predicted molar refractivity (Wildman–Crippen MR) is 87.6 cm³/mol. The van der Waals surface area contributed by atoms with Crippen molar-refractivity contribution < 1.29 is 9.13 Å². The molecule has 0 aliphatic rings. The Labute approximate surface area is 132 Å². The third-order valence-electron chi connectivity index (χ3n) is 3.09. The summed E-state index contributed by atoms with van der Waals surface area (Å²) in [6, 6.07) is 12.5. The molecule has 0 aliphatic heterocycles. The highest BCUT2D eigenvalue weighted by Gasteiger charge is 2.13. The average Bonchev–Trinajstić information content (AvgIpc) is 2.42. The molecule has 0 fully saturated rings. The average molecular weight is 385 g/mol. The van der Waals surface area contributed by atoms with Crippen molar-refractivity contribution in [2.75, 3.05) is 0 Å². The maximum atomic E-state index is 14.0. The van der Waals surface area contributed by atoms with Gasteiger partial charge in [0.05, 0.1) is 0 Å². The van der Waals surface area contributed by atoms with Gasteiger partial charge in [0, 0.05) is 15.2 Å². The number of hydrogen-bond donors (Lipinski definition) is 1. The monoisotopic (exact) mass is 385 g/mol. The van der Waals surface area contributed by atoms with Crippen molar-refractivity contribution in [1.29, 1.82) is 0 Å². The van der Waals surface area contributed by atoms with Gasteiger partial charge in [0.15, 0.2) is 0 Å². The molecular weight excluding hydrogens is 368 g/mol. The number of nitrogens with two attached hydrogens (primary N) is 1. The minimum atomic E-state index is -0.267. The molecule has 0 saturated carbocycles.